The van der Waals surface area contributed by atoms with E-state index >= 15 is 0 Å². The number of esters is 1. The molecule has 0 heterocycles. The minimum absolute atomic E-state index is 0.395. The van der Waals surface area contributed by atoms with Gasteiger partial charge in [0.15, 0.2) is 0 Å². The third-order valence-electron chi connectivity index (χ3n) is 4.39. The Morgan fingerprint density at radius 1 is 1.08 bits per heavy atom. The highest BCUT2D eigenvalue weighted by atomic mass is 16.5. The summed E-state index contributed by atoms with van der Waals surface area (Å²) in [5.41, 5.74) is 3.43. The number of aryl methyl sites for hydroxylation is 1. The molecule has 0 bridgehead atoms. The molecule has 2 rings (SSSR count). The molecule has 26 heavy (non-hydrogen) atoms. The second-order valence-electron chi connectivity index (χ2n) is 6.24. The zero-order valence-electron chi connectivity index (χ0n) is 15.9. The van der Waals surface area contributed by atoms with Crippen molar-refractivity contribution < 1.29 is 14.3 Å². The standard InChI is InChI=1S/C23H26O3/c1-5-17(2)19-11-14-21(15-12-19)26-23(24)9-7-6-8-20-16-22(25-4)13-10-18(20)3/h6-17H,5H2,1-4H3/b8-6+,9-7+. The monoisotopic (exact) mass is 350 g/mol. The van der Waals surface area contributed by atoms with Crippen LogP contribution in [0.3, 0.4) is 0 Å². The van der Waals surface area contributed by atoms with Gasteiger partial charge in [-0.3, -0.25) is 0 Å². The average Bonchev–Trinajstić information content (AvgIpc) is 2.66. The Balaban J connectivity index is 1.93. The van der Waals surface area contributed by atoms with Crippen molar-refractivity contribution in [2.75, 3.05) is 7.11 Å². The largest absolute Gasteiger partial charge is 0.497 e. The number of hydrogen-bond acceptors (Lipinski definition) is 3. The molecule has 0 saturated carbocycles. The van der Waals surface area contributed by atoms with Crippen molar-refractivity contribution in [2.45, 2.75) is 33.1 Å². The van der Waals surface area contributed by atoms with Gasteiger partial charge < -0.3 is 9.47 Å². The fourth-order valence-corrected chi connectivity index (χ4v) is 2.47. The van der Waals surface area contributed by atoms with Gasteiger partial charge in [-0.2, -0.15) is 0 Å². The van der Waals surface area contributed by atoms with E-state index in [1.54, 1.807) is 13.2 Å². The van der Waals surface area contributed by atoms with Crippen molar-refractivity contribution in [3.8, 4) is 11.5 Å². The molecule has 0 saturated heterocycles. The highest BCUT2D eigenvalue weighted by molar-refractivity contribution is 5.84. The van der Waals surface area contributed by atoms with Crippen LogP contribution in [0.5, 0.6) is 11.5 Å². The normalized spacial score (nSPS) is 12.5. The average molecular weight is 350 g/mol. The van der Waals surface area contributed by atoms with Crippen molar-refractivity contribution in [3.63, 3.8) is 0 Å². The van der Waals surface area contributed by atoms with Gasteiger partial charge in [0.05, 0.1) is 7.11 Å². The molecule has 3 heteroatoms. The molecular formula is C23H26O3. The van der Waals surface area contributed by atoms with Gasteiger partial charge in [0, 0.05) is 6.08 Å². The first kappa shape index (κ1) is 19.5. The molecule has 0 aliphatic carbocycles. The van der Waals surface area contributed by atoms with Gasteiger partial charge in [-0.15, -0.1) is 0 Å². The number of benzene rings is 2. The first-order chi connectivity index (χ1) is 12.5. The Kier molecular flexibility index (Phi) is 7.22. The number of allylic oxidation sites excluding steroid dienone is 2. The molecule has 0 amide bonds. The topological polar surface area (TPSA) is 35.5 Å². The highest BCUT2D eigenvalue weighted by Crippen LogP contribution is 2.21. The molecule has 0 aliphatic heterocycles. The lowest BCUT2D eigenvalue weighted by atomic mass is 9.99. The fraction of sp³-hybridized carbons (Fsp3) is 0.261. The molecule has 0 spiro atoms. The minimum Gasteiger partial charge on any atom is -0.497 e. The van der Waals surface area contributed by atoms with Gasteiger partial charge >= 0.3 is 5.97 Å². The van der Waals surface area contributed by atoms with E-state index < -0.39 is 5.97 Å². The summed E-state index contributed by atoms with van der Waals surface area (Å²) in [6.45, 7) is 6.37. The van der Waals surface area contributed by atoms with Gasteiger partial charge in [0.25, 0.3) is 0 Å². The number of carbonyl (C=O) groups excluding carboxylic acids is 1. The first-order valence-corrected chi connectivity index (χ1v) is 8.84. The van der Waals surface area contributed by atoms with Gasteiger partial charge in [-0.05, 0) is 60.2 Å². The van der Waals surface area contributed by atoms with E-state index in [9.17, 15) is 4.79 Å². The Labute approximate surface area is 156 Å². The van der Waals surface area contributed by atoms with Crippen molar-refractivity contribution in [1.29, 1.82) is 0 Å². The SMILES string of the molecule is CCC(C)c1ccc(OC(=O)/C=C/C=C/c2cc(OC)ccc2C)cc1. The predicted molar refractivity (Wildman–Crippen MR) is 107 cm³/mol. The molecule has 1 unspecified atom stereocenters. The van der Waals surface area contributed by atoms with Gasteiger partial charge in [0.1, 0.15) is 11.5 Å². The number of hydrogen-bond donors (Lipinski definition) is 0. The molecule has 0 aromatic heterocycles. The van der Waals surface area contributed by atoms with E-state index in [0.717, 1.165) is 23.3 Å². The van der Waals surface area contributed by atoms with Gasteiger partial charge in [-0.25, -0.2) is 4.79 Å². The summed E-state index contributed by atoms with van der Waals surface area (Å²) >= 11 is 0. The van der Waals surface area contributed by atoms with Crippen LogP contribution in [0.15, 0.2) is 60.7 Å². The summed E-state index contributed by atoms with van der Waals surface area (Å²) in [5.74, 6) is 1.47. The Hall–Kier alpha value is -2.81. The van der Waals surface area contributed by atoms with Crippen LogP contribution in [0.2, 0.25) is 0 Å². The van der Waals surface area contributed by atoms with Crippen LogP contribution < -0.4 is 9.47 Å². The van der Waals surface area contributed by atoms with Crippen LogP contribution in [0.4, 0.5) is 0 Å². The summed E-state index contributed by atoms with van der Waals surface area (Å²) in [6, 6.07) is 13.6. The van der Waals surface area contributed by atoms with Crippen LogP contribution in [0.1, 0.15) is 42.9 Å². The zero-order valence-corrected chi connectivity index (χ0v) is 15.9. The second kappa shape index (κ2) is 9.62. The molecule has 1 atom stereocenters. The Morgan fingerprint density at radius 2 is 1.77 bits per heavy atom. The lowest BCUT2D eigenvalue weighted by Gasteiger charge is -2.09. The Morgan fingerprint density at radius 3 is 2.42 bits per heavy atom. The van der Waals surface area contributed by atoms with E-state index in [2.05, 4.69) is 13.8 Å². The zero-order chi connectivity index (χ0) is 18.9. The molecule has 0 fully saturated rings. The number of rotatable bonds is 7. The highest BCUT2D eigenvalue weighted by Gasteiger charge is 2.04. The van der Waals surface area contributed by atoms with Crippen molar-refractivity contribution in [2.24, 2.45) is 0 Å². The minimum atomic E-state index is -0.395. The van der Waals surface area contributed by atoms with Crippen LogP contribution in [0.25, 0.3) is 6.08 Å². The molecule has 2 aromatic carbocycles. The molecule has 136 valence electrons. The summed E-state index contributed by atoms with van der Waals surface area (Å²) in [6.07, 6.45) is 7.92. The number of methoxy groups -OCH3 is 1. The van der Waals surface area contributed by atoms with Crippen molar-refractivity contribution in [3.05, 3.63) is 77.4 Å². The van der Waals surface area contributed by atoms with E-state index in [0.29, 0.717) is 11.7 Å². The maximum atomic E-state index is 11.9. The fourth-order valence-electron chi connectivity index (χ4n) is 2.47. The molecule has 3 nitrogen and oxygen atoms in total. The molecular weight excluding hydrogens is 324 g/mol. The van der Waals surface area contributed by atoms with Gasteiger partial charge in [-0.1, -0.05) is 50.3 Å². The Bertz CT molecular complexity index is 786. The van der Waals surface area contributed by atoms with Crippen LogP contribution in [-0.2, 0) is 4.79 Å². The van der Waals surface area contributed by atoms with E-state index in [1.165, 1.54) is 11.6 Å². The third-order valence-corrected chi connectivity index (χ3v) is 4.39. The quantitative estimate of drug-likeness (QED) is 0.278. The van der Waals surface area contributed by atoms with Crippen molar-refractivity contribution in [1.82, 2.24) is 0 Å². The van der Waals surface area contributed by atoms with Gasteiger partial charge in [0.2, 0.25) is 0 Å². The number of carbonyl (C=O) groups is 1. The third kappa shape index (κ3) is 5.62. The lowest BCUT2D eigenvalue weighted by Crippen LogP contribution is -2.03. The van der Waals surface area contributed by atoms with Crippen LogP contribution in [0, 0.1) is 6.92 Å². The number of ether oxygens (including phenoxy) is 2. The van der Waals surface area contributed by atoms with Crippen LogP contribution >= 0.6 is 0 Å². The first-order valence-electron chi connectivity index (χ1n) is 8.84. The molecule has 0 radical (unpaired) electrons. The van der Waals surface area contributed by atoms with Crippen molar-refractivity contribution >= 4 is 12.0 Å². The van der Waals surface area contributed by atoms with E-state index in [1.807, 2.05) is 61.5 Å². The predicted octanol–water partition coefficient (Wildman–Crippen LogP) is 5.69. The molecule has 0 N–H and O–H groups in total. The van der Waals surface area contributed by atoms with E-state index in [4.69, 9.17) is 9.47 Å². The lowest BCUT2D eigenvalue weighted by molar-refractivity contribution is -0.128. The smallest absolute Gasteiger partial charge is 0.336 e. The maximum absolute atomic E-state index is 11.9. The van der Waals surface area contributed by atoms with Crippen LogP contribution in [-0.4, -0.2) is 13.1 Å². The second-order valence-corrected chi connectivity index (χ2v) is 6.24. The maximum Gasteiger partial charge on any atom is 0.336 e. The summed E-state index contributed by atoms with van der Waals surface area (Å²) in [4.78, 5) is 11.9. The summed E-state index contributed by atoms with van der Waals surface area (Å²) in [7, 11) is 1.64. The van der Waals surface area contributed by atoms with E-state index in [-0.39, 0.29) is 0 Å². The summed E-state index contributed by atoms with van der Waals surface area (Å²) < 4.78 is 10.5. The summed E-state index contributed by atoms with van der Waals surface area (Å²) in [5, 5.41) is 0. The molecule has 2 aromatic rings. The molecule has 0 aliphatic rings.